The fourth-order valence-corrected chi connectivity index (χ4v) is 4.42. The summed E-state index contributed by atoms with van der Waals surface area (Å²) in [7, 11) is 0. The van der Waals surface area contributed by atoms with Crippen LogP contribution in [0.3, 0.4) is 0 Å². The first-order chi connectivity index (χ1) is 15.1. The van der Waals surface area contributed by atoms with Crippen LogP contribution in [0.2, 0.25) is 0 Å². The summed E-state index contributed by atoms with van der Waals surface area (Å²) >= 11 is 0. The number of likely N-dealkylation sites (tertiary alicyclic amines) is 1. The molecule has 1 saturated carbocycles. The zero-order chi connectivity index (χ0) is 22.9. The molecule has 10 heteroatoms. The topological polar surface area (TPSA) is 35.8 Å². The Morgan fingerprint density at radius 3 is 1.91 bits per heavy atom. The largest absolute Gasteiger partial charge is 0.658 e. The van der Waals surface area contributed by atoms with Crippen LogP contribution >= 0.6 is 0 Å². The van der Waals surface area contributed by atoms with E-state index in [9.17, 15) is 26.3 Å². The molecule has 2 fully saturated rings. The molecule has 0 amide bonds. The standard InChI is InChI=1S/C22H21F6N2O2/c23-21(24,25)31-16-5-1-3-14(7-16)9-29-10-18-19-12-30(13-20(18)19)11-15-4-2-6-17(8-15)32-22(26,27)28/h1-8,18-20H,9-13H2/q-1. The molecule has 4 rings (SSSR count). The molecular formula is C22H21F6N2O2-. The van der Waals surface area contributed by atoms with Crippen LogP contribution in [0, 0.1) is 17.8 Å². The van der Waals surface area contributed by atoms with Gasteiger partial charge in [0.1, 0.15) is 11.5 Å². The molecule has 1 aliphatic carbocycles. The predicted octanol–water partition coefficient (Wildman–Crippen LogP) is 5.74. The number of benzene rings is 2. The van der Waals surface area contributed by atoms with Crippen molar-refractivity contribution in [3.63, 3.8) is 0 Å². The lowest BCUT2D eigenvalue weighted by Gasteiger charge is -2.24. The molecule has 1 heterocycles. The Labute approximate surface area is 181 Å². The van der Waals surface area contributed by atoms with Crippen molar-refractivity contribution in [1.82, 2.24) is 4.90 Å². The lowest BCUT2D eigenvalue weighted by molar-refractivity contribution is -0.275. The van der Waals surface area contributed by atoms with Crippen LogP contribution in [0.4, 0.5) is 26.3 Å². The van der Waals surface area contributed by atoms with Gasteiger partial charge in [0, 0.05) is 19.6 Å². The van der Waals surface area contributed by atoms with Gasteiger partial charge in [0.2, 0.25) is 0 Å². The number of nitrogens with zero attached hydrogens (tertiary/aromatic N) is 2. The SMILES string of the molecule is FC(F)(F)Oc1cccc(C[N-]CC2C3CN(Cc4cccc(OC(F)(F)F)c4)CC23)c1. The minimum absolute atomic E-state index is 0.222. The van der Waals surface area contributed by atoms with Gasteiger partial charge < -0.3 is 14.8 Å². The van der Waals surface area contributed by atoms with E-state index in [1.54, 1.807) is 18.2 Å². The number of hydrogen-bond donors (Lipinski definition) is 0. The van der Waals surface area contributed by atoms with Gasteiger partial charge in [0.05, 0.1) is 0 Å². The Morgan fingerprint density at radius 2 is 1.34 bits per heavy atom. The Kier molecular flexibility index (Phi) is 6.26. The normalized spacial score (nSPS) is 23.1. The van der Waals surface area contributed by atoms with Gasteiger partial charge in [-0.25, -0.2) is 0 Å². The van der Waals surface area contributed by atoms with Crippen molar-refractivity contribution in [3.05, 3.63) is 65.0 Å². The third-order valence-corrected chi connectivity index (χ3v) is 5.75. The molecule has 0 N–H and O–H groups in total. The van der Waals surface area contributed by atoms with Crippen LogP contribution < -0.4 is 9.47 Å². The molecule has 174 valence electrons. The minimum atomic E-state index is -4.72. The van der Waals surface area contributed by atoms with Crippen LogP contribution in [0.25, 0.3) is 5.32 Å². The average molecular weight is 459 g/mol. The number of piperidine rings is 1. The lowest BCUT2D eigenvalue weighted by atomic mass is 10.2. The van der Waals surface area contributed by atoms with E-state index in [2.05, 4.69) is 19.7 Å². The Balaban J connectivity index is 1.19. The molecule has 32 heavy (non-hydrogen) atoms. The maximum atomic E-state index is 12.4. The van der Waals surface area contributed by atoms with Crippen molar-refractivity contribution in [2.45, 2.75) is 25.8 Å². The second-order valence-corrected chi connectivity index (χ2v) is 8.14. The second-order valence-electron chi connectivity index (χ2n) is 8.14. The first-order valence-corrected chi connectivity index (χ1v) is 10.1. The van der Waals surface area contributed by atoms with E-state index in [1.165, 1.54) is 30.3 Å². The smallest absolute Gasteiger partial charge is 0.573 e. The van der Waals surface area contributed by atoms with Crippen LogP contribution in [-0.2, 0) is 13.1 Å². The zero-order valence-electron chi connectivity index (χ0n) is 16.9. The zero-order valence-corrected chi connectivity index (χ0v) is 16.9. The summed E-state index contributed by atoms with van der Waals surface area (Å²) in [5.74, 6) is 0.955. The molecular weight excluding hydrogens is 438 g/mol. The van der Waals surface area contributed by atoms with E-state index in [0.717, 1.165) is 18.7 Å². The molecule has 0 spiro atoms. The summed E-state index contributed by atoms with van der Waals surface area (Å²) in [6.45, 7) is 3.22. The van der Waals surface area contributed by atoms with E-state index in [4.69, 9.17) is 0 Å². The quantitative estimate of drug-likeness (QED) is 0.473. The monoisotopic (exact) mass is 459 g/mol. The van der Waals surface area contributed by atoms with Gasteiger partial charge in [0.15, 0.2) is 0 Å². The van der Waals surface area contributed by atoms with Gasteiger partial charge in [-0.2, -0.15) is 0 Å². The van der Waals surface area contributed by atoms with Crippen molar-refractivity contribution < 1.29 is 35.8 Å². The molecule has 2 unspecified atom stereocenters. The Bertz CT molecular complexity index is 914. The first-order valence-electron chi connectivity index (χ1n) is 10.1. The number of rotatable bonds is 8. The van der Waals surface area contributed by atoms with Crippen molar-refractivity contribution in [2.75, 3.05) is 19.6 Å². The second kappa shape index (κ2) is 8.82. The number of ether oxygens (including phenoxy) is 2. The number of fused-ring (bicyclic) bond motifs is 1. The highest BCUT2D eigenvalue weighted by atomic mass is 19.4. The third kappa shape index (κ3) is 6.29. The van der Waals surface area contributed by atoms with Crippen molar-refractivity contribution in [2.24, 2.45) is 17.8 Å². The van der Waals surface area contributed by atoms with Crippen molar-refractivity contribution in [1.29, 1.82) is 0 Å². The van der Waals surface area contributed by atoms with Crippen LogP contribution in [0.15, 0.2) is 48.5 Å². The molecule has 0 bridgehead atoms. The summed E-state index contributed by atoms with van der Waals surface area (Å²) < 4.78 is 82.0. The molecule has 1 aliphatic heterocycles. The lowest BCUT2D eigenvalue weighted by Crippen LogP contribution is -2.24. The molecule has 0 aromatic heterocycles. The first kappa shape index (κ1) is 22.7. The van der Waals surface area contributed by atoms with Gasteiger partial charge in [-0.15, -0.1) is 39.4 Å². The van der Waals surface area contributed by atoms with Crippen LogP contribution in [0.5, 0.6) is 11.5 Å². The van der Waals surface area contributed by atoms with Crippen molar-refractivity contribution in [3.8, 4) is 11.5 Å². The third-order valence-electron chi connectivity index (χ3n) is 5.75. The fourth-order valence-electron chi connectivity index (χ4n) is 4.42. The van der Waals surface area contributed by atoms with Gasteiger partial charge in [-0.1, -0.05) is 35.7 Å². The summed E-state index contributed by atoms with van der Waals surface area (Å²) in [5, 5.41) is 4.50. The highest BCUT2D eigenvalue weighted by molar-refractivity contribution is 5.30. The number of halogens is 6. The highest BCUT2D eigenvalue weighted by Crippen LogP contribution is 2.52. The Morgan fingerprint density at radius 1 is 0.812 bits per heavy atom. The molecule has 2 aliphatic rings. The van der Waals surface area contributed by atoms with Crippen LogP contribution in [-0.4, -0.2) is 37.3 Å². The summed E-state index contributed by atoms with van der Waals surface area (Å²) in [6.07, 6.45) is -9.43. The van der Waals surface area contributed by atoms with Gasteiger partial charge in [0.25, 0.3) is 0 Å². The van der Waals surface area contributed by atoms with Crippen LogP contribution in [0.1, 0.15) is 11.1 Å². The number of alkyl halides is 6. The van der Waals surface area contributed by atoms with E-state index in [-0.39, 0.29) is 11.5 Å². The maximum absolute atomic E-state index is 12.4. The van der Waals surface area contributed by atoms with Gasteiger partial charge >= 0.3 is 12.7 Å². The van der Waals surface area contributed by atoms with Crippen molar-refractivity contribution >= 4 is 0 Å². The number of hydrogen-bond acceptors (Lipinski definition) is 3. The molecule has 4 nitrogen and oxygen atoms in total. The summed E-state index contributed by atoms with van der Waals surface area (Å²) in [5.41, 5.74) is 1.41. The fraction of sp³-hybridized carbons (Fsp3) is 0.455. The van der Waals surface area contributed by atoms with Gasteiger partial charge in [-0.05, 0) is 41.7 Å². The predicted molar refractivity (Wildman–Crippen MR) is 104 cm³/mol. The molecule has 2 aromatic carbocycles. The molecule has 2 aromatic rings. The Hall–Kier alpha value is -2.46. The van der Waals surface area contributed by atoms with E-state index in [1.807, 2.05) is 0 Å². The average Bonchev–Trinajstić information content (AvgIpc) is 3.11. The molecule has 1 saturated heterocycles. The van der Waals surface area contributed by atoms with E-state index in [0.29, 0.717) is 43.0 Å². The van der Waals surface area contributed by atoms with E-state index >= 15 is 0 Å². The summed E-state index contributed by atoms with van der Waals surface area (Å²) in [6, 6.07) is 11.8. The molecule has 2 atom stereocenters. The molecule has 0 radical (unpaired) electrons. The van der Waals surface area contributed by atoms with Gasteiger partial charge in [-0.3, -0.25) is 4.90 Å². The van der Waals surface area contributed by atoms with E-state index < -0.39 is 12.7 Å². The maximum Gasteiger partial charge on any atom is 0.573 e. The highest BCUT2D eigenvalue weighted by Gasteiger charge is 2.53. The minimum Gasteiger partial charge on any atom is -0.658 e. The summed E-state index contributed by atoms with van der Waals surface area (Å²) in [4.78, 5) is 2.20.